The van der Waals surface area contributed by atoms with Gasteiger partial charge in [-0.05, 0) is 38.8 Å². The van der Waals surface area contributed by atoms with Gasteiger partial charge in [-0.25, -0.2) is 0 Å². The minimum Gasteiger partial charge on any atom is -0.355 e. The Bertz CT molecular complexity index is 208. The van der Waals surface area contributed by atoms with Gasteiger partial charge in [-0.1, -0.05) is 6.92 Å². The van der Waals surface area contributed by atoms with Crippen molar-refractivity contribution >= 4 is 5.91 Å². The molecule has 1 amide bonds. The molecule has 3 N–H and O–H groups in total. The number of carbonyl (C=O) groups excluding carboxylic acids is 1. The zero-order valence-corrected chi connectivity index (χ0v) is 9.83. The lowest BCUT2D eigenvalue weighted by molar-refractivity contribution is -0.125. The second-order valence-corrected chi connectivity index (χ2v) is 4.35. The molecule has 1 fully saturated rings. The van der Waals surface area contributed by atoms with Crippen LogP contribution in [0.2, 0.25) is 0 Å². The van der Waals surface area contributed by atoms with Crippen LogP contribution in [0.4, 0.5) is 0 Å². The molecule has 0 saturated carbocycles. The Kier molecular flexibility index (Phi) is 5.05. The summed E-state index contributed by atoms with van der Waals surface area (Å²) in [6.07, 6.45) is 2.12. The number of likely N-dealkylation sites (tertiary alicyclic amines) is 1. The molecule has 0 bridgehead atoms. The molecule has 1 aliphatic heterocycles. The molecule has 2 unspecified atom stereocenters. The molecule has 1 rings (SSSR count). The van der Waals surface area contributed by atoms with Crippen LogP contribution in [0, 0.1) is 5.92 Å². The van der Waals surface area contributed by atoms with Gasteiger partial charge in [0.05, 0.1) is 6.04 Å². The molecular weight excluding hydrogens is 190 g/mol. The molecule has 15 heavy (non-hydrogen) atoms. The van der Waals surface area contributed by atoms with Crippen molar-refractivity contribution in [2.24, 2.45) is 11.7 Å². The number of hydrogen-bond acceptors (Lipinski definition) is 3. The fraction of sp³-hybridized carbons (Fsp3) is 0.909. The van der Waals surface area contributed by atoms with Gasteiger partial charge in [-0.2, -0.15) is 0 Å². The Morgan fingerprint density at radius 2 is 2.40 bits per heavy atom. The lowest BCUT2D eigenvalue weighted by Crippen LogP contribution is -2.44. The maximum atomic E-state index is 11.7. The van der Waals surface area contributed by atoms with Gasteiger partial charge in [-0.15, -0.1) is 0 Å². The first-order chi connectivity index (χ1) is 7.19. The van der Waals surface area contributed by atoms with E-state index in [9.17, 15) is 4.79 Å². The third kappa shape index (κ3) is 3.47. The molecular formula is C11H23N3O. The number of nitrogens with zero attached hydrogens (tertiary/aromatic N) is 1. The zero-order chi connectivity index (χ0) is 11.3. The average molecular weight is 213 g/mol. The molecule has 0 radical (unpaired) electrons. The standard InChI is InChI=1S/C11H23N3O/c1-3-5-13-11(15)9(2)14-6-4-10(7-12)8-14/h9-10H,3-8,12H2,1-2H3,(H,13,15). The Hall–Kier alpha value is -0.610. The first kappa shape index (κ1) is 12.5. The summed E-state index contributed by atoms with van der Waals surface area (Å²) in [5, 5.41) is 2.93. The van der Waals surface area contributed by atoms with E-state index in [4.69, 9.17) is 5.73 Å². The van der Waals surface area contributed by atoms with E-state index in [2.05, 4.69) is 17.1 Å². The molecule has 1 aliphatic rings. The van der Waals surface area contributed by atoms with Gasteiger partial charge in [0.25, 0.3) is 0 Å². The van der Waals surface area contributed by atoms with Crippen LogP contribution in [0.25, 0.3) is 0 Å². The Labute approximate surface area is 92.2 Å². The summed E-state index contributed by atoms with van der Waals surface area (Å²) in [6, 6.07) is -0.00639. The van der Waals surface area contributed by atoms with Gasteiger partial charge in [0.2, 0.25) is 5.91 Å². The minimum atomic E-state index is -0.00639. The van der Waals surface area contributed by atoms with Gasteiger partial charge in [0, 0.05) is 13.1 Å². The maximum Gasteiger partial charge on any atom is 0.237 e. The van der Waals surface area contributed by atoms with Gasteiger partial charge >= 0.3 is 0 Å². The number of carbonyl (C=O) groups is 1. The largest absolute Gasteiger partial charge is 0.355 e. The monoisotopic (exact) mass is 213 g/mol. The molecule has 0 aromatic rings. The molecule has 1 saturated heterocycles. The van der Waals surface area contributed by atoms with Crippen LogP contribution in [-0.2, 0) is 4.79 Å². The van der Waals surface area contributed by atoms with Gasteiger partial charge in [0.15, 0.2) is 0 Å². The third-order valence-corrected chi connectivity index (χ3v) is 3.13. The van der Waals surface area contributed by atoms with E-state index >= 15 is 0 Å². The van der Waals surface area contributed by atoms with Crippen molar-refractivity contribution in [1.29, 1.82) is 0 Å². The summed E-state index contributed by atoms with van der Waals surface area (Å²) in [7, 11) is 0. The minimum absolute atomic E-state index is 0.00639. The molecule has 2 atom stereocenters. The van der Waals surface area contributed by atoms with Crippen LogP contribution in [0.3, 0.4) is 0 Å². The highest BCUT2D eigenvalue weighted by Crippen LogP contribution is 2.17. The first-order valence-electron chi connectivity index (χ1n) is 5.90. The number of amides is 1. The quantitative estimate of drug-likeness (QED) is 0.685. The molecule has 1 heterocycles. The fourth-order valence-corrected chi connectivity index (χ4v) is 1.97. The van der Waals surface area contributed by atoms with Crippen molar-refractivity contribution in [1.82, 2.24) is 10.2 Å². The number of nitrogens with one attached hydrogen (secondary N) is 1. The van der Waals surface area contributed by atoms with Gasteiger partial charge < -0.3 is 11.1 Å². The summed E-state index contributed by atoms with van der Waals surface area (Å²) in [5.74, 6) is 0.723. The SMILES string of the molecule is CCCNC(=O)C(C)N1CCC(CN)C1. The normalized spacial score (nSPS) is 24.1. The van der Waals surface area contributed by atoms with Crippen molar-refractivity contribution in [2.75, 3.05) is 26.2 Å². The lowest BCUT2D eigenvalue weighted by Gasteiger charge is -2.23. The Morgan fingerprint density at radius 3 is 2.93 bits per heavy atom. The molecule has 0 aromatic heterocycles. The lowest BCUT2D eigenvalue weighted by atomic mass is 10.1. The Balaban J connectivity index is 2.33. The smallest absolute Gasteiger partial charge is 0.237 e. The van der Waals surface area contributed by atoms with Crippen LogP contribution in [-0.4, -0.2) is 43.0 Å². The molecule has 4 nitrogen and oxygen atoms in total. The summed E-state index contributed by atoms with van der Waals surface area (Å²) in [4.78, 5) is 13.9. The van der Waals surface area contributed by atoms with E-state index in [-0.39, 0.29) is 11.9 Å². The highest BCUT2D eigenvalue weighted by molar-refractivity contribution is 5.81. The summed E-state index contributed by atoms with van der Waals surface area (Å²) < 4.78 is 0. The van der Waals surface area contributed by atoms with Crippen molar-refractivity contribution < 1.29 is 4.79 Å². The van der Waals surface area contributed by atoms with E-state index in [1.54, 1.807) is 0 Å². The topological polar surface area (TPSA) is 58.4 Å². The second kappa shape index (κ2) is 6.08. The maximum absolute atomic E-state index is 11.7. The van der Waals surface area contributed by atoms with Crippen molar-refractivity contribution in [2.45, 2.75) is 32.7 Å². The van der Waals surface area contributed by atoms with Crippen LogP contribution in [0.1, 0.15) is 26.7 Å². The zero-order valence-electron chi connectivity index (χ0n) is 9.83. The number of hydrogen-bond donors (Lipinski definition) is 2. The summed E-state index contributed by atoms with van der Waals surface area (Å²) in [5.41, 5.74) is 5.63. The Morgan fingerprint density at radius 1 is 1.67 bits per heavy atom. The van der Waals surface area contributed by atoms with Crippen LogP contribution in [0.5, 0.6) is 0 Å². The molecule has 4 heteroatoms. The molecule has 0 aromatic carbocycles. The predicted octanol–water partition coefficient (Wildman–Crippen LogP) is 0.182. The van der Waals surface area contributed by atoms with Crippen molar-refractivity contribution in [3.05, 3.63) is 0 Å². The van der Waals surface area contributed by atoms with E-state index in [0.29, 0.717) is 5.92 Å². The fourth-order valence-electron chi connectivity index (χ4n) is 1.97. The van der Waals surface area contributed by atoms with Gasteiger partial charge in [0.1, 0.15) is 0 Å². The summed E-state index contributed by atoms with van der Waals surface area (Å²) >= 11 is 0. The second-order valence-electron chi connectivity index (χ2n) is 4.35. The van der Waals surface area contributed by atoms with E-state index < -0.39 is 0 Å². The first-order valence-corrected chi connectivity index (χ1v) is 5.90. The molecule has 0 spiro atoms. The average Bonchev–Trinajstić information content (AvgIpc) is 2.73. The highest BCUT2D eigenvalue weighted by Gasteiger charge is 2.28. The predicted molar refractivity (Wildman–Crippen MR) is 61.5 cm³/mol. The summed E-state index contributed by atoms with van der Waals surface area (Å²) in [6.45, 7) is 7.52. The van der Waals surface area contributed by atoms with E-state index in [1.807, 2.05) is 6.92 Å². The van der Waals surface area contributed by atoms with Crippen molar-refractivity contribution in [3.8, 4) is 0 Å². The molecule has 0 aliphatic carbocycles. The van der Waals surface area contributed by atoms with Crippen LogP contribution < -0.4 is 11.1 Å². The number of rotatable bonds is 5. The van der Waals surface area contributed by atoms with Gasteiger partial charge in [-0.3, -0.25) is 9.69 Å². The van der Waals surface area contributed by atoms with E-state index in [0.717, 1.165) is 39.0 Å². The number of nitrogens with two attached hydrogens (primary N) is 1. The molecule has 88 valence electrons. The van der Waals surface area contributed by atoms with Crippen molar-refractivity contribution in [3.63, 3.8) is 0 Å². The van der Waals surface area contributed by atoms with Crippen LogP contribution >= 0.6 is 0 Å². The van der Waals surface area contributed by atoms with E-state index in [1.165, 1.54) is 0 Å². The van der Waals surface area contributed by atoms with Crippen LogP contribution in [0.15, 0.2) is 0 Å². The highest BCUT2D eigenvalue weighted by atomic mass is 16.2. The third-order valence-electron chi connectivity index (χ3n) is 3.13.